The summed E-state index contributed by atoms with van der Waals surface area (Å²) in [5.41, 5.74) is 5.61. The van der Waals surface area contributed by atoms with E-state index in [0.717, 1.165) is 56.4 Å². The lowest BCUT2D eigenvalue weighted by molar-refractivity contribution is -0.464. The predicted molar refractivity (Wildman–Crippen MR) is 222 cm³/mol. The Hall–Kier alpha value is -3.75. The molecule has 5 heterocycles. The second-order valence-corrected chi connectivity index (χ2v) is 16.4. The summed E-state index contributed by atoms with van der Waals surface area (Å²) < 4.78 is 35.5. The summed E-state index contributed by atoms with van der Waals surface area (Å²) in [5, 5.41) is 24.3. The van der Waals surface area contributed by atoms with Crippen molar-refractivity contribution in [2.45, 2.75) is 129 Å². The maximum Gasteiger partial charge on any atom is 0.549 e. The number of aliphatic carboxylic acids is 1. The van der Waals surface area contributed by atoms with Crippen LogP contribution in [-0.4, -0.2) is 174 Å². The number of nitrogens with zero attached hydrogens (tertiary/aromatic N) is 6. The quantitative estimate of drug-likeness (QED) is 0.0323. The van der Waals surface area contributed by atoms with E-state index in [1.54, 1.807) is 9.80 Å². The zero-order chi connectivity index (χ0) is 44.1. The second kappa shape index (κ2) is 28.0. The first-order chi connectivity index (χ1) is 28.6. The summed E-state index contributed by atoms with van der Waals surface area (Å²) in [5.74, 6) is -2.33. The normalized spacial score (nSPS) is 22.4. The van der Waals surface area contributed by atoms with Crippen molar-refractivity contribution in [1.29, 1.82) is 5.41 Å². The van der Waals surface area contributed by atoms with E-state index in [1.165, 1.54) is 89.7 Å². The van der Waals surface area contributed by atoms with Gasteiger partial charge in [-0.1, -0.05) is 33.1 Å². The number of likely N-dealkylation sites (tertiary alicyclic amines) is 4. The van der Waals surface area contributed by atoms with Crippen LogP contribution in [0.3, 0.4) is 0 Å². The number of hydrogen-bond acceptors (Lipinski definition) is 11. The number of guanidine groups is 1. The lowest BCUT2D eigenvalue weighted by Crippen LogP contribution is -2.70. The molecule has 0 aromatic carbocycles. The van der Waals surface area contributed by atoms with E-state index in [1.807, 2.05) is 4.89 Å². The number of unbranched alkanes of at least 4 members (excludes halogenated alkanes) is 4. The highest BCUT2D eigenvalue weighted by atomic mass is 19.4. The van der Waals surface area contributed by atoms with Gasteiger partial charge < -0.3 is 40.1 Å². The molecule has 0 spiro atoms. The molecule has 0 aromatic rings. The number of imide groups is 1. The van der Waals surface area contributed by atoms with Crippen molar-refractivity contribution < 1.29 is 57.1 Å². The van der Waals surface area contributed by atoms with Crippen LogP contribution in [0.5, 0.6) is 0 Å². The van der Waals surface area contributed by atoms with Gasteiger partial charge >= 0.3 is 24.3 Å². The number of esters is 1. The van der Waals surface area contributed by atoms with Gasteiger partial charge in [0.25, 0.3) is 0 Å². The van der Waals surface area contributed by atoms with Gasteiger partial charge in [0.2, 0.25) is 11.8 Å². The first-order valence-corrected chi connectivity index (χ1v) is 21.8. The van der Waals surface area contributed by atoms with Crippen LogP contribution >= 0.6 is 0 Å². The molecule has 0 bridgehead atoms. The number of urea groups is 1. The number of nitrogens with one attached hydrogen (secondary N) is 1. The van der Waals surface area contributed by atoms with Crippen molar-refractivity contribution in [3.63, 3.8) is 0 Å². The highest BCUT2D eigenvalue weighted by Gasteiger charge is 2.56. The van der Waals surface area contributed by atoms with Gasteiger partial charge in [-0.25, -0.2) is 19.7 Å². The second-order valence-electron chi connectivity index (χ2n) is 16.4. The molecule has 2 unspecified atom stereocenters. The van der Waals surface area contributed by atoms with Gasteiger partial charge in [0.1, 0.15) is 0 Å². The summed E-state index contributed by atoms with van der Waals surface area (Å²) in [4.78, 5) is 74.6. The van der Waals surface area contributed by atoms with Gasteiger partial charge in [-0.2, -0.15) is 0 Å². The number of rotatable bonds is 15. The molecule has 0 aromatic heterocycles. The van der Waals surface area contributed by atoms with E-state index in [0.29, 0.717) is 45.4 Å². The molecule has 3 atom stereocenters. The fourth-order valence-electron chi connectivity index (χ4n) is 8.61. The van der Waals surface area contributed by atoms with E-state index in [2.05, 4.69) is 14.5 Å². The number of β-lactam (4-membered cyclic amide) rings is 1. The van der Waals surface area contributed by atoms with Crippen LogP contribution in [0.25, 0.3) is 0 Å². The molecule has 5 fully saturated rings. The van der Waals surface area contributed by atoms with Crippen LogP contribution in [0.4, 0.5) is 18.0 Å². The molecule has 5 N–H and O–H groups in total. The fourth-order valence-corrected chi connectivity index (χ4v) is 8.61. The lowest BCUT2D eigenvalue weighted by atomic mass is 9.78. The Bertz CT molecular complexity index is 1360. The van der Waals surface area contributed by atoms with Crippen molar-refractivity contribution in [2.24, 2.45) is 17.6 Å². The minimum absolute atomic E-state index is 0. The molecule has 4 amide bonds. The Morgan fingerprint density at radius 2 is 1.26 bits per heavy atom. The summed E-state index contributed by atoms with van der Waals surface area (Å²) in [6, 6.07) is -1.76. The highest BCUT2D eigenvalue weighted by Crippen LogP contribution is 2.36. The average molecular weight is 879 g/mol. The molecule has 5 aliphatic rings. The number of piperidine rings is 3. The Morgan fingerprint density at radius 1 is 0.754 bits per heavy atom. The number of carboxylic acid groups (broad SMARTS) is 1. The number of alkyl halides is 3. The molecule has 352 valence electrons. The molecule has 20 heteroatoms. The number of amides is 4. The number of halogens is 3. The van der Waals surface area contributed by atoms with Crippen LogP contribution in [-0.2, 0) is 28.8 Å². The Morgan fingerprint density at radius 3 is 1.74 bits per heavy atom. The van der Waals surface area contributed by atoms with Crippen LogP contribution in [0.2, 0.25) is 0 Å². The molecule has 5 saturated heterocycles. The van der Waals surface area contributed by atoms with Gasteiger partial charge in [0, 0.05) is 52.1 Å². The van der Waals surface area contributed by atoms with Crippen LogP contribution in [0.15, 0.2) is 0 Å². The first kappa shape index (κ1) is 53.4. The summed E-state index contributed by atoms with van der Waals surface area (Å²) in [7, 11) is 1.45. The van der Waals surface area contributed by atoms with E-state index < -0.39 is 36.2 Å². The molecule has 0 saturated carbocycles. The number of hydrogen-bond donors (Lipinski definition) is 4. The largest absolute Gasteiger partial charge is 0.549 e. The topological polar surface area (TPSA) is 214 Å². The third kappa shape index (κ3) is 19.0. The van der Waals surface area contributed by atoms with E-state index in [4.69, 9.17) is 16.4 Å². The van der Waals surface area contributed by atoms with Gasteiger partial charge in [0.15, 0.2) is 12.0 Å². The number of nitrogens with two attached hydrogens (primary N) is 1. The van der Waals surface area contributed by atoms with Gasteiger partial charge in [0.05, 0.1) is 13.0 Å². The third-order valence-corrected chi connectivity index (χ3v) is 12.0. The fraction of sp³-hybridized carbons (Fsp3) is 0.854. The number of methoxy groups -OCH3 is 1. The standard InChI is InChI=1S/C27H45N7O5.C12H23NO2.CHF3O2.CH4/c28-26(29)33-13-7-8-20(19-33)18-21-23(25(37)38)34(24(21)36)27(39)32-16-14-31(15-17-32)22(35)9-3-1-4-10-30-11-5-2-6-12-30;1-15-12(14)8-4-2-5-9-13-10-6-3-7-11-13;2-1(3,4)6-5;/h20-21,23H,1-19H2,(H3,28,29)(H,37,38);2-11H2,1H3;5H;1H4/t20?,21-,23?;;;/m1.../s1. The van der Waals surface area contributed by atoms with Crippen LogP contribution in [0.1, 0.15) is 117 Å². The van der Waals surface area contributed by atoms with Crippen molar-refractivity contribution in [2.75, 3.05) is 85.6 Å². The Kier molecular flexibility index (Phi) is 24.5. The monoisotopic (exact) mass is 879 g/mol. The zero-order valence-corrected chi connectivity index (χ0v) is 35.4. The number of carbonyl (C=O) groups excluding carboxylic acids is 4. The summed E-state index contributed by atoms with van der Waals surface area (Å²) in [6.07, 6.45) is 12.6. The van der Waals surface area contributed by atoms with E-state index in [-0.39, 0.29) is 44.3 Å². The SMILES string of the molecule is C.COC(=O)CCCCCN1CCCCC1.N=C(N)N1CCCC(C[C@H]2C(=O)N(C(=O)N3CCN(C(=O)CCCCCN4CCCCC4)CC3)C2C(=O)O)C1.OOC(F)(F)F. The minimum atomic E-state index is -4.90. The molecular formula is C41H73F3N8O9. The van der Waals surface area contributed by atoms with Crippen molar-refractivity contribution in [3.05, 3.63) is 0 Å². The molecule has 0 radical (unpaired) electrons. The van der Waals surface area contributed by atoms with Crippen molar-refractivity contribution in [1.82, 2.24) is 29.4 Å². The third-order valence-electron chi connectivity index (χ3n) is 12.0. The first-order valence-electron chi connectivity index (χ1n) is 21.8. The van der Waals surface area contributed by atoms with Gasteiger partial charge in [-0.15, -0.1) is 18.1 Å². The molecule has 17 nitrogen and oxygen atoms in total. The van der Waals surface area contributed by atoms with Crippen LogP contribution in [0, 0.1) is 17.2 Å². The minimum Gasteiger partial charge on any atom is -0.480 e. The maximum atomic E-state index is 13.1. The van der Waals surface area contributed by atoms with Gasteiger partial charge in [-0.3, -0.25) is 19.8 Å². The van der Waals surface area contributed by atoms with Crippen LogP contribution < -0.4 is 5.73 Å². The number of piperazine rings is 1. The average Bonchev–Trinajstić information content (AvgIpc) is 3.25. The lowest BCUT2D eigenvalue weighted by Gasteiger charge is -2.47. The Balaban J connectivity index is 0.000000481. The zero-order valence-electron chi connectivity index (χ0n) is 35.4. The molecule has 0 aliphatic carbocycles. The summed E-state index contributed by atoms with van der Waals surface area (Å²) >= 11 is 0. The molecule has 5 rings (SSSR count). The number of carboxylic acids is 1. The predicted octanol–water partition coefficient (Wildman–Crippen LogP) is 5.04. The Labute approximate surface area is 359 Å². The van der Waals surface area contributed by atoms with Crippen molar-refractivity contribution >= 4 is 35.7 Å². The number of carbonyl (C=O) groups is 5. The summed E-state index contributed by atoms with van der Waals surface area (Å²) in [6.45, 7) is 9.83. The highest BCUT2D eigenvalue weighted by molar-refractivity contribution is 6.07. The number of ether oxygens (including phenoxy) is 1. The van der Waals surface area contributed by atoms with E-state index in [9.17, 15) is 42.3 Å². The maximum absolute atomic E-state index is 13.1. The molecule has 5 aliphatic heterocycles. The van der Waals surface area contributed by atoms with Crippen molar-refractivity contribution in [3.8, 4) is 0 Å². The molecular weight excluding hydrogens is 805 g/mol. The van der Waals surface area contributed by atoms with E-state index >= 15 is 0 Å². The van der Waals surface area contributed by atoms with Gasteiger partial charge in [-0.05, 0) is 116 Å². The molecule has 61 heavy (non-hydrogen) atoms. The smallest absolute Gasteiger partial charge is 0.480 e.